The number of amides is 1. The molecule has 5 heteroatoms. The van der Waals surface area contributed by atoms with Gasteiger partial charge in [-0.05, 0) is 42.7 Å². The molecule has 5 nitrogen and oxygen atoms in total. The number of benzene rings is 2. The van der Waals surface area contributed by atoms with Crippen molar-refractivity contribution in [1.29, 1.82) is 0 Å². The molecule has 0 spiro atoms. The molecule has 1 aromatic heterocycles. The first-order valence-corrected chi connectivity index (χ1v) is 10.6. The Morgan fingerprint density at radius 1 is 0.935 bits per heavy atom. The number of aromatic nitrogens is 1. The predicted octanol–water partition coefficient (Wildman–Crippen LogP) is 5.24. The van der Waals surface area contributed by atoms with Gasteiger partial charge in [0.25, 0.3) is 5.91 Å². The summed E-state index contributed by atoms with van der Waals surface area (Å²) in [6, 6.07) is 19.9. The summed E-state index contributed by atoms with van der Waals surface area (Å²) in [6.07, 6.45) is 2.07. The maximum Gasteiger partial charge on any atom is 0.254 e. The number of hydrogen-bond acceptors (Lipinski definition) is 3. The Kier molecular flexibility index (Phi) is 7.40. The largest absolute Gasteiger partial charge is 0.497 e. The normalized spacial score (nSPS) is 11.9. The van der Waals surface area contributed by atoms with Crippen LogP contribution in [-0.4, -0.2) is 35.6 Å². The van der Waals surface area contributed by atoms with Crippen LogP contribution < -0.4 is 9.47 Å². The predicted molar refractivity (Wildman–Crippen MR) is 124 cm³/mol. The van der Waals surface area contributed by atoms with Gasteiger partial charge < -0.3 is 18.9 Å². The second-order valence-corrected chi connectivity index (χ2v) is 8.13. The fourth-order valence-electron chi connectivity index (χ4n) is 3.56. The number of carbonyl (C=O) groups is 1. The molecule has 2 aromatic carbocycles. The van der Waals surface area contributed by atoms with E-state index in [2.05, 4.69) is 49.7 Å². The van der Waals surface area contributed by atoms with Crippen molar-refractivity contribution in [2.24, 2.45) is 5.92 Å². The summed E-state index contributed by atoms with van der Waals surface area (Å²) in [5, 5.41) is 0. The second kappa shape index (κ2) is 10.2. The lowest BCUT2D eigenvalue weighted by molar-refractivity contribution is 0.0622. The Bertz CT molecular complexity index is 973. The minimum Gasteiger partial charge on any atom is -0.497 e. The molecule has 164 valence electrons. The van der Waals surface area contributed by atoms with Crippen molar-refractivity contribution in [3.63, 3.8) is 0 Å². The number of rotatable bonds is 9. The van der Waals surface area contributed by atoms with E-state index in [0.717, 1.165) is 12.2 Å². The van der Waals surface area contributed by atoms with Crippen LogP contribution in [0.1, 0.15) is 42.4 Å². The standard InChI is InChI=1S/C26H32N2O3/c1-19(2)20(3)28(26(29)22-14-24(30-4)16-25(15-22)31-5)18-23-12-9-13-27(23)17-21-10-7-6-8-11-21/h6-16,19-20H,17-18H2,1-5H3/t20-/m1/s1. The first-order chi connectivity index (χ1) is 14.9. The average molecular weight is 421 g/mol. The zero-order valence-corrected chi connectivity index (χ0v) is 19.0. The highest BCUT2D eigenvalue weighted by molar-refractivity contribution is 5.95. The van der Waals surface area contributed by atoms with Crippen molar-refractivity contribution < 1.29 is 14.3 Å². The maximum absolute atomic E-state index is 13.6. The van der Waals surface area contributed by atoms with Crippen LogP contribution in [0.3, 0.4) is 0 Å². The molecule has 0 bridgehead atoms. The zero-order valence-electron chi connectivity index (χ0n) is 19.0. The Morgan fingerprint density at radius 2 is 1.58 bits per heavy atom. The van der Waals surface area contributed by atoms with Crippen molar-refractivity contribution in [3.05, 3.63) is 83.7 Å². The lowest BCUT2D eigenvalue weighted by atomic mass is 10.0. The van der Waals surface area contributed by atoms with Gasteiger partial charge in [0.2, 0.25) is 0 Å². The third-order valence-electron chi connectivity index (χ3n) is 5.77. The van der Waals surface area contributed by atoms with Crippen molar-refractivity contribution in [1.82, 2.24) is 9.47 Å². The van der Waals surface area contributed by atoms with Gasteiger partial charge in [0.05, 0.1) is 20.8 Å². The molecular formula is C26H32N2O3. The Morgan fingerprint density at radius 3 is 2.16 bits per heavy atom. The number of ether oxygens (including phenoxy) is 2. The van der Waals surface area contributed by atoms with Crippen LogP contribution in [0.5, 0.6) is 11.5 Å². The quantitative estimate of drug-likeness (QED) is 0.475. The summed E-state index contributed by atoms with van der Waals surface area (Å²) >= 11 is 0. The fourth-order valence-corrected chi connectivity index (χ4v) is 3.56. The first kappa shape index (κ1) is 22.5. The molecule has 0 unspecified atom stereocenters. The van der Waals surface area contributed by atoms with Gasteiger partial charge in [-0.25, -0.2) is 0 Å². The maximum atomic E-state index is 13.6. The van der Waals surface area contributed by atoms with Gasteiger partial charge in [0.15, 0.2) is 0 Å². The molecule has 0 aliphatic rings. The molecule has 0 saturated carbocycles. The van der Waals surface area contributed by atoms with Crippen LogP contribution in [0.25, 0.3) is 0 Å². The van der Waals surface area contributed by atoms with E-state index in [1.54, 1.807) is 32.4 Å². The van der Waals surface area contributed by atoms with Crippen LogP contribution in [0.2, 0.25) is 0 Å². The molecule has 3 rings (SSSR count). The fraction of sp³-hybridized carbons (Fsp3) is 0.346. The molecule has 0 saturated heterocycles. The Labute approximate surface area is 185 Å². The summed E-state index contributed by atoms with van der Waals surface area (Å²) in [4.78, 5) is 15.6. The smallest absolute Gasteiger partial charge is 0.254 e. The zero-order chi connectivity index (χ0) is 22.4. The Hall–Kier alpha value is -3.21. The number of carbonyl (C=O) groups excluding carboxylic acids is 1. The second-order valence-electron chi connectivity index (χ2n) is 8.13. The minimum absolute atomic E-state index is 0.0362. The van der Waals surface area contributed by atoms with Crippen LogP contribution in [0, 0.1) is 5.92 Å². The molecule has 0 radical (unpaired) electrons. The lowest BCUT2D eigenvalue weighted by Crippen LogP contribution is -2.41. The Balaban J connectivity index is 1.91. The molecule has 0 aliphatic heterocycles. The number of hydrogen-bond donors (Lipinski definition) is 0. The summed E-state index contributed by atoms with van der Waals surface area (Å²) in [6.45, 7) is 7.68. The van der Waals surface area contributed by atoms with Crippen LogP contribution in [0.4, 0.5) is 0 Å². The number of methoxy groups -OCH3 is 2. The highest BCUT2D eigenvalue weighted by atomic mass is 16.5. The van der Waals surface area contributed by atoms with Gasteiger partial charge in [-0.1, -0.05) is 44.2 Å². The molecular weight excluding hydrogens is 388 g/mol. The molecule has 1 amide bonds. The van der Waals surface area contributed by atoms with Crippen LogP contribution in [0.15, 0.2) is 66.9 Å². The molecule has 1 heterocycles. The van der Waals surface area contributed by atoms with E-state index in [1.165, 1.54) is 5.56 Å². The molecule has 0 N–H and O–H groups in total. The first-order valence-electron chi connectivity index (χ1n) is 10.6. The highest BCUT2D eigenvalue weighted by Crippen LogP contribution is 2.26. The van der Waals surface area contributed by atoms with E-state index in [4.69, 9.17) is 9.47 Å². The SMILES string of the molecule is COc1cc(OC)cc(C(=O)N(Cc2cccn2Cc2ccccc2)[C@H](C)C(C)C)c1. The van der Waals surface area contributed by atoms with Crippen LogP contribution >= 0.6 is 0 Å². The number of nitrogens with zero attached hydrogens (tertiary/aromatic N) is 2. The van der Waals surface area contributed by atoms with Gasteiger partial charge in [0.1, 0.15) is 11.5 Å². The van der Waals surface area contributed by atoms with Crippen molar-refractivity contribution in [2.75, 3.05) is 14.2 Å². The summed E-state index contributed by atoms with van der Waals surface area (Å²) in [7, 11) is 3.18. The van der Waals surface area contributed by atoms with Gasteiger partial charge in [-0.3, -0.25) is 4.79 Å². The molecule has 3 aromatic rings. The molecule has 0 fully saturated rings. The lowest BCUT2D eigenvalue weighted by Gasteiger charge is -2.32. The third-order valence-corrected chi connectivity index (χ3v) is 5.77. The topological polar surface area (TPSA) is 43.7 Å². The van der Waals surface area contributed by atoms with Crippen LogP contribution in [-0.2, 0) is 13.1 Å². The molecule has 1 atom stereocenters. The van der Waals surface area contributed by atoms with Crippen molar-refractivity contribution >= 4 is 5.91 Å². The van der Waals surface area contributed by atoms with Gasteiger partial charge in [-0.15, -0.1) is 0 Å². The van der Waals surface area contributed by atoms with E-state index in [-0.39, 0.29) is 11.9 Å². The molecule has 0 aliphatic carbocycles. The summed E-state index contributed by atoms with van der Waals surface area (Å²) in [5.74, 6) is 1.49. The van der Waals surface area contributed by atoms with E-state index < -0.39 is 0 Å². The third kappa shape index (κ3) is 5.48. The monoisotopic (exact) mass is 420 g/mol. The van der Waals surface area contributed by atoms with Crippen molar-refractivity contribution in [3.8, 4) is 11.5 Å². The van der Waals surface area contributed by atoms with E-state index >= 15 is 0 Å². The minimum atomic E-state index is -0.0362. The van der Waals surface area contributed by atoms with Crippen molar-refractivity contribution in [2.45, 2.75) is 39.9 Å². The summed E-state index contributed by atoms with van der Waals surface area (Å²) in [5.41, 5.74) is 2.89. The highest BCUT2D eigenvalue weighted by Gasteiger charge is 2.26. The van der Waals surface area contributed by atoms with Gasteiger partial charge in [-0.2, -0.15) is 0 Å². The summed E-state index contributed by atoms with van der Waals surface area (Å²) < 4.78 is 12.9. The van der Waals surface area contributed by atoms with Gasteiger partial charge >= 0.3 is 0 Å². The van der Waals surface area contributed by atoms with E-state index in [0.29, 0.717) is 29.5 Å². The molecule has 31 heavy (non-hydrogen) atoms. The van der Waals surface area contributed by atoms with E-state index in [1.807, 2.05) is 29.2 Å². The van der Waals surface area contributed by atoms with Gasteiger partial charge in [0, 0.05) is 36.1 Å². The van der Waals surface area contributed by atoms with E-state index in [9.17, 15) is 4.79 Å². The average Bonchev–Trinajstić information content (AvgIpc) is 3.23.